The van der Waals surface area contributed by atoms with Crippen molar-refractivity contribution in [2.24, 2.45) is 0 Å². The van der Waals surface area contributed by atoms with E-state index in [1.165, 1.54) is 27.5 Å². The van der Waals surface area contributed by atoms with Gasteiger partial charge in [-0.2, -0.15) is 0 Å². The summed E-state index contributed by atoms with van der Waals surface area (Å²) in [5.74, 6) is 0.590. The Balaban J connectivity index is 2.82. The fourth-order valence-corrected chi connectivity index (χ4v) is 2.15. The molecule has 2 aromatic rings. The van der Waals surface area contributed by atoms with Crippen LogP contribution in [0.2, 0.25) is 0 Å². The molecule has 0 aromatic heterocycles. The summed E-state index contributed by atoms with van der Waals surface area (Å²) in [5, 5.41) is 2.57. The summed E-state index contributed by atoms with van der Waals surface area (Å²) in [6.45, 7) is 4.22. The molecular formula is C13H13Cl. The second kappa shape index (κ2) is 3.62. The summed E-state index contributed by atoms with van der Waals surface area (Å²) in [5.41, 5.74) is 3.82. The van der Waals surface area contributed by atoms with Crippen molar-refractivity contribution in [2.75, 3.05) is 0 Å². The van der Waals surface area contributed by atoms with E-state index in [1.807, 2.05) is 0 Å². The third-order valence-corrected chi connectivity index (χ3v) is 2.92. The maximum absolute atomic E-state index is 5.95. The van der Waals surface area contributed by atoms with Crippen LogP contribution in [0.15, 0.2) is 30.3 Å². The van der Waals surface area contributed by atoms with Gasteiger partial charge in [0.25, 0.3) is 0 Å². The molecular weight excluding hydrogens is 192 g/mol. The fourth-order valence-electron chi connectivity index (χ4n) is 1.80. The van der Waals surface area contributed by atoms with E-state index in [4.69, 9.17) is 11.6 Å². The Kier molecular flexibility index (Phi) is 2.47. The molecule has 0 radical (unpaired) electrons. The number of hydrogen-bond acceptors (Lipinski definition) is 0. The number of fused-ring (bicyclic) bond motifs is 1. The average Bonchev–Trinajstić information content (AvgIpc) is 2.18. The molecule has 0 aliphatic carbocycles. The molecule has 2 aromatic carbocycles. The maximum atomic E-state index is 5.95. The summed E-state index contributed by atoms with van der Waals surface area (Å²) in [7, 11) is 0. The Hall–Kier alpha value is -1.01. The zero-order valence-corrected chi connectivity index (χ0v) is 9.23. The summed E-state index contributed by atoms with van der Waals surface area (Å²) >= 11 is 5.95. The monoisotopic (exact) mass is 204 g/mol. The number of alkyl halides is 1. The standard InChI is InChI=1S/C13H13Cl/c1-9-3-6-12-11(7-9)5-4-10(2)13(12)8-14/h3-7H,8H2,1-2H3. The van der Waals surface area contributed by atoms with Crippen LogP contribution in [0.3, 0.4) is 0 Å². The lowest BCUT2D eigenvalue weighted by Crippen LogP contribution is -1.87. The van der Waals surface area contributed by atoms with Crippen LogP contribution in [0.25, 0.3) is 10.8 Å². The predicted molar refractivity (Wildman–Crippen MR) is 63.0 cm³/mol. The van der Waals surface area contributed by atoms with E-state index in [0.717, 1.165) is 0 Å². The largest absolute Gasteiger partial charge is 0.122 e. The highest BCUT2D eigenvalue weighted by Gasteiger charge is 2.02. The lowest BCUT2D eigenvalue weighted by molar-refractivity contribution is 1.33. The minimum absolute atomic E-state index is 0.590. The minimum atomic E-state index is 0.590. The molecule has 0 amide bonds. The van der Waals surface area contributed by atoms with Crippen molar-refractivity contribution in [2.45, 2.75) is 19.7 Å². The molecule has 0 aliphatic rings. The highest BCUT2D eigenvalue weighted by Crippen LogP contribution is 2.24. The highest BCUT2D eigenvalue weighted by molar-refractivity contribution is 6.18. The second-order valence-electron chi connectivity index (χ2n) is 3.72. The lowest BCUT2D eigenvalue weighted by atomic mass is 9.99. The first kappa shape index (κ1) is 9.54. The third-order valence-electron chi connectivity index (χ3n) is 2.65. The summed E-state index contributed by atoms with van der Waals surface area (Å²) in [6, 6.07) is 10.8. The smallest absolute Gasteiger partial charge is 0.0482 e. The van der Waals surface area contributed by atoms with Crippen molar-refractivity contribution in [1.29, 1.82) is 0 Å². The van der Waals surface area contributed by atoms with Crippen LogP contribution in [0, 0.1) is 13.8 Å². The van der Waals surface area contributed by atoms with E-state index in [-0.39, 0.29) is 0 Å². The number of halogens is 1. The SMILES string of the molecule is Cc1ccc2c(CCl)c(C)ccc2c1. The first-order valence-corrected chi connectivity index (χ1v) is 5.30. The number of hydrogen-bond donors (Lipinski definition) is 0. The first-order chi connectivity index (χ1) is 6.72. The van der Waals surface area contributed by atoms with Gasteiger partial charge in [-0.3, -0.25) is 0 Å². The normalized spacial score (nSPS) is 10.8. The Morgan fingerprint density at radius 1 is 1.07 bits per heavy atom. The Morgan fingerprint density at radius 2 is 1.86 bits per heavy atom. The molecule has 0 spiro atoms. The molecule has 72 valence electrons. The number of benzene rings is 2. The van der Waals surface area contributed by atoms with E-state index in [2.05, 4.69) is 44.2 Å². The van der Waals surface area contributed by atoms with Crippen molar-refractivity contribution in [3.8, 4) is 0 Å². The van der Waals surface area contributed by atoms with Crippen LogP contribution < -0.4 is 0 Å². The van der Waals surface area contributed by atoms with Gasteiger partial charge >= 0.3 is 0 Å². The molecule has 14 heavy (non-hydrogen) atoms. The average molecular weight is 205 g/mol. The number of aryl methyl sites for hydroxylation is 2. The van der Waals surface area contributed by atoms with Crippen LogP contribution in [-0.2, 0) is 5.88 Å². The molecule has 0 fully saturated rings. The van der Waals surface area contributed by atoms with Gasteiger partial charge in [0.2, 0.25) is 0 Å². The van der Waals surface area contributed by atoms with Crippen LogP contribution in [0.1, 0.15) is 16.7 Å². The van der Waals surface area contributed by atoms with E-state index >= 15 is 0 Å². The van der Waals surface area contributed by atoms with Crippen molar-refractivity contribution in [1.82, 2.24) is 0 Å². The van der Waals surface area contributed by atoms with E-state index in [9.17, 15) is 0 Å². The summed E-state index contributed by atoms with van der Waals surface area (Å²) < 4.78 is 0. The topological polar surface area (TPSA) is 0 Å². The molecule has 0 saturated heterocycles. The van der Waals surface area contributed by atoms with E-state index in [1.54, 1.807) is 0 Å². The van der Waals surface area contributed by atoms with Gasteiger partial charge in [0, 0.05) is 5.88 Å². The van der Waals surface area contributed by atoms with Gasteiger partial charge in [-0.05, 0) is 35.7 Å². The molecule has 0 heterocycles. The van der Waals surface area contributed by atoms with Gasteiger partial charge < -0.3 is 0 Å². The zero-order chi connectivity index (χ0) is 10.1. The molecule has 0 bridgehead atoms. The highest BCUT2D eigenvalue weighted by atomic mass is 35.5. The molecule has 2 rings (SSSR count). The number of rotatable bonds is 1. The third kappa shape index (κ3) is 1.51. The van der Waals surface area contributed by atoms with E-state index in [0.29, 0.717) is 5.88 Å². The van der Waals surface area contributed by atoms with Gasteiger partial charge in [0.05, 0.1) is 0 Å². The van der Waals surface area contributed by atoms with Gasteiger partial charge in [-0.1, -0.05) is 35.9 Å². The Bertz CT molecular complexity index is 472. The van der Waals surface area contributed by atoms with Gasteiger partial charge in [0.1, 0.15) is 0 Å². The maximum Gasteiger partial charge on any atom is 0.0482 e. The van der Waals surface area contributed by atoms with Crippen molar-refractivity contribution in [3.05, 3.63) is 47.0 Å². The molecule has 1 heteroatoms. The van der Waals surface area contributed by atoms with Crippen molar-refractivity contribution >= 4 is 22.4 Å². The van der Waals surface area contributed by atoms with Crippen LogP contribution >= 0.6 is 11.6 Å². The molecule has 0 saturated carbocycles. The minimum Gasteiger partial charge on any atom is -0.122 e. The van der Waals surface area contributed by atoms with Gasteiger partial charge in [-0.25, -0.2) is 0 Å². The molecule has 0 N–H and O–H groups in total. The molecule has 0 nitrogen and oxygen atoms in total. The fraction of sp³-hybridized carbons (Fsp3) is 0.231. The van der Waals surface area contributed by atoms with E-state index < -0.39 is 0 Å². The van der Waals surface area contributed by atoms with Gasteiger partial charge in [0.15, 0.2) is 0 Å². The predicted octanol–water partition coefficient (Wildman–Crippen LogP) is 4.20. The lowest BCUT2D eigenvalue weighted by Gasteiger charge is -2.07. The first-order valence-electron chi connectivity index (χ1n) is 4.77. The van der Waals surface area contributed by atoms with Crippen LogP contribution in [0.5, 0.6) is 0 Å². The van der Waals surface area contributed by atoms with Crippen LogP contribution in [0.4, 0.5) is 0 Å². The van der Waals surface area contributed by atoms with Crippen LogP contribution in [-0.4, -0.2) is 0 Å². The summed E-state index contributed by atoms with van der Waals surface area (Å²) in [4.78, 5) is 0. The summed E-state index contributed by atoms with van der Waals surface area (Å²) in [6.07, 6.45) is 0. The molecule has 0 unspecified atom stereocenters. The Morgan fingerprint density at radius 3 is 2.57 bits per heavy atom. The quantitative estimate of drug-likeness (QED) is 0.611. The molecule has 0 aliphatic heterocycles. The second-order valence-corrected chi connectivity index (χ2v) is 3.99. The zero-order valence-electron chi connectivity index (χ0n) is 8.47. The van der Waals surface area contributed by atoms with Crippen molar-refractivity contribution in [3.63, 3.8) is 0 Å². The van der Waals surface area contributed by atoms with Crippen molar-refractivity contribution < 1.29 is 0 Å². The Labute approximate surface area is 89.5 Å². The van der Waals surface area contributed by atoms with Gasteiger partial charge in [-0.15, -0.1) is 11.6 Å². The molecule has 0 atom stereocenters.